The Balaban J connectivity index is 2.80. The van der Waals surface area contributed by atoms with Gasteiger partial charge in [0.05, 0.1) is 6.42 Å². The second kappa shape index (κ2) is 6.18. The minimum atomic E-state index is -5.10. The monoisotopic (exact) mass is 322 g/mol. The molecule has 0 aromatic heterocycles. The highest BCUT2D eigenvalue weighted by Gasteiger charge is 2.44. The van der Waals surface area contributed by atoms with Crippen molar-refractivity contribution in [3.05, 3.63) is 36.8 Å². The van der Waals surface area contributed by atoms with Gasteiger partial charge >= 0.3 is 15.2 Å². The third kappa shape index (κ3) is 5.17. The van der Waals surface area contributed by atoms with E-state index >= 15 is 0 Å². The first-order chi connectivity index (χ1) is 9.00. The van der Waals surface area contributed by atoms with Gasteiger partial charge in [-0.2, -0.15) is 0 Å². The molecule has 0 unspecified atom stereocenters. The normalized spacial score (nSPS) is 12.5. The van der Waals surface area contributed by atoms with Crippen molar-refractivity contribution in [2.45, 2.75) is 11.8 Å². The molecule has 0 fully saturated rings. The SMILES string of the molecule is [CH2]c1ccc(NC(=O)CC(P(=O)(O)O)P(=O)(O)O)cc1. The highest BCUT2D eigenvalue weighted by Crippen LogP contribution is 2.61. The highest BCUT2D eigenvalue weighted by atomic mass is 31.2. The maximum absolute atomic E-state index is 11.6. The molecule has 20 heavy (non-hydrogen) atoms. The summed E-state index contributed by atoms with van der Waals surface area (Å²) in [4.78, 5) is 47.2. The first-order valence-electron chi connectivity index (χ1n) is 5.32. The summed E-state index contributed by atoms with van der Waals surface area (Å²) in [5.74, 6) is -0.904. The lowest BCUT2D eigenvalue weighted by Crippen LogP contribution is -2.20. The van der Waals surface area contributed by atoms with Crippen molar-refractivity contribution in [3.8, 4) is 0 Å². The van der Waals surface area contributed by atoms with Crippen LogP contribution in [0.15, 0.2) is 24.3 Å². The average molecular weight is 322 g/mol. The lowest BCUT2D eigenvalue weighted by atomic mass is 10.2. The van der Waals surface area contributed by atoms with Gasteiger partial charge in [-0.1, -0.05) is 12.1 Å². The number of amides is 1. The largest absolute Gasteiger partial charge is 0.341 e. The second-order valence-corrected chi connectivity index (χ2v) is 8.12. The number of hydrogen-bond donors (Lipinski definition) is 5. The molecule has 10 heteroatoms. The molecule has 0 aliphatic carbocycles. The molecule has 0 aliphatic heterocycles. The van der Waals surface area contributed by atoms with Gasteiger partial charge in [0.1, 0.15) is 0 Å². The lowest BCUT2D eigenvalue weighted by molar-refractivity contribution is -0.116. The number of anilines is 1. The van der Waals surface area contributed by atoms with E-state index in [0.29, 0.717) is 11.3 Å². The maximum Gasteiger partial charge on any atom is 0.341 e. The molecule has 0 atom stereocenters. The van der Waals surface area contributed by atoms with Crippen molar-refractivity contribution in [2.24, 2.45) is 0 Å². The summed E-state index contributed by atoms with van der Waals surface area (Å²) in [6, 6.07) is 6.20. The van der Waals surface area contributed by atoms with Gasteiger partial charge < -0.3 is 24.9 Å². The van der Waals surface area contributed by atoms with Crippen LogP contribution in [0.25, 0.3) is 0 Å². The number of benzene rings is 1. The average Bonchev–Trinajstić information content (AvgIpc) is 2.26. The van der Waals surface area contributed by atoms with Gasteiger partial charge in [0, 0.05) is 5.69 Å². The van der Waals surface area contributed by atoms with Crippen molar-refractivity contribution < 1.29 is 33.5 Å². The van der Waals surface area contributed by atoms with Gasteiger partial charge in [-0.3, -0.25) is 13.9 Å². The molecule has 1 radical (unpaired) electrons. The van der Waals surface area contributed by atoms with Crippen LogP contribution in [0.3, 0.4) is 0 Å². The molecular formula is C10H14NO7P2. The Bertz CT molecular complexity index is 552. The zero-order valence-electron chi connectivity index (χ0n) is 10.2. The smallest absolute Gasteiger partial charge is 0.326 e. The van der Waals surface area contributed by atoms with Gasteiger partial charge in [0.15, 0.2) is 5.40 Å². The van der Waals surface area contributed by atoms with Gasteiger partial charge in [-0.05, 0) is 24.6 Å². The summed E-state index contributed by atoms with van der Waals surface area (Å²) in [6.07, 6.45) is -0.985. The molecule has 1 aromatic rings. The zero-order chi connectivity index (χ0) is 15.6. The van der Waals surface area contributed by atoms with E-state index in [1.54, 1.807) is 12.1 Å². The first kappa shape index (κ1) is 17.0. The first-order valence-corrected chi connectivity index (χ1v) is 8.69. The molecule has 111 valence electrons. The molecule has 0 saturated heterocycles. The Morgan fingerprint density at radius 2 is 1.55 bits per heavy atom. The molecule has 0 heterocycles. The highest BCUT2D eigenvalue weighted by molar-refractivity contribution is 7.70. The standard InChI is InChI=1S/C10H14NO7P2/c1-7-2-4-8(5-3-7)11-9(12)6-10(19(13,14)15)20(16,17)18/h2-5,10H,1,6H2,(H,11,12)(H2,13,14,15)(H2,16,17,18). The maximum atomic E-state index is 11.6. The van der Waals surface area contributed by atoms with Crippen molar-refractivity contribution in [1.82, 2.24) is 0 Å². The summed E-state index contributed by atoms with van der Waals surface area (Å²) < 4.78 is 22.0. The van der Waals surface area contributed by atoms with Crippen LogP contribution < -0.4 is 5.32 Å². The van der Waals surface area contributed by atoms with E-state index in [0.717, 1.165) is 0 Å². The predicted octanol–water partition coefficient (Wildman–Crippen LogP) is 0.879. The molecule has 1 aromatic carbocycles. The summed E-state index contributed by atoms with van der Waals surface area (Å²) >= 11 is 0. The van der Waals surface area contributed by atoms with Crippen molar-refractivity contribution >= 4 is 26.8 Å². The number of hydrogen-bond acceptors (Lipinski definition) is 3. The Labute approximate surface area is 115 Å². The summed E-state index contributed by atoms with van der Waals surface area (Å²) in [6.45, 7) is 3.64. The molecule has 0 spiro atoms. The molecule has 5 N–H and O–H groups in total. The minimum Gasteiger partial charge on any atom is -0.326 e. The van der Waals surface area contributed by atoms with E-state index in [1.807, 2.05) is 0 Å². The van der Waals surface area contributed by atoms with Crippen molar-refractivity contribution in [3.63, 3.8) is 0 Å². The Hall–Kier alpha value is -1.01. The zero-order valence-corrected chi connectivity index (χ0v) is 12.0. The number of nitrogens with one attached hydrogen (secondary N) is 1. The van der Waals surface area contributed by atoms with Crippen LogP contribution in [0.2, 0.25) is 0 Å². The van der Waals surface area contributed by atoms with Crippen LogP contribution in [0.1, 0.15) is 12.0 Å². The second-order valence-electron chi connectivity index (χ2n) is 4.11. The fraction of sp³-hybridized carbons (Fsp3) is 0.200. The van der Waals surface area contributed by atoms with Gasteiger partial charge in [0.25, 0.3) is 0 Å². The van der Waals surface area contributed by atoms with E-state index < -0.39 is 32.9 Å². The molecule has 0 bridgehead atoms. The van der Waals surface area contributed by atoms with Crippen LogP contribution in [-0.2, 0) is 13.9 Å². The third-order valence-corrected chi connectivity index (χ3v) is 6.11. The number of carbonyl (C=O) groups excluding carboxylic acids is 1. The van der Waals surface area contributed by atoms with E-state index in [4.69, 9.17) is 19.6 Å². The van der Waals surface area contributed by atoms with E-state index in [9.17, 15) is 13.9 Å². The van der Waals surface area contributed by atoms with Gasteiger partial charge in [0.2, 0.25) is 5.91 Å². The molecule has 8 nitrogen and oxygen atoms in total. The van der Waals surface area contributed by atoms with Crippen LogP contribution in [0.5, 0.6) is 0 Å². The molecule has 0 saturated carbocycles. The fourth-order valence-corrected chi connectivity index (χ4v) is 3.77. The molecular weight excluding hydrogens is 308 g/mol. The van der Waals surface area contributed by atoms with Gasteiger partial charge in [-0.15, -0.1) is 0 Å². The molecule has 1 rings (SSSR count). The Morgan fingerprint density at radius 3 is 1.95 bits per heavy atom. The summed E-state index contributed by atoms with van der Waals surface area (Å²) in [5, 5.41) is -0.0548. The lowest BCUT2D eigenvalue weighted by Gasteiger charge is -2.19. The fourth-order valence-electron chi connectivity index (χ4n) is 1.40. The third-order valence-electron chi connectivity index (χ3n) is 2.38. The molecule has 1 amide bonds. The van der Waals surface area contributed by atoms with E-state index in [1.165, 1.54) is 12.1 Å². The quantitative estimate of drug-likeness (QED) is 0.506. The Kier molecular flexibility index (Phi) is 5.27. The predicted molar refractivity (Wildman–Crippen MR) is 72.0 cm³/mol. The minimum absolute atomic E-state index is 0.331. The number of carbonyl (C=O) groups is 1. The Morgan fingerprint density at radius 1 is 1.10 bits per heavy atom. The van der Waals surface area contributed by atoms with Crippen LogP contribution in [0.4, 0.5) is 5.69 Å². The van der Waals surface area contributed by atoms with Crippen LogP contribution >= 0.6 is 15.2 Å². The summed E-state index contributed by atoms with van der Waals surface area (Å²) in [5.41, 5.74) is 1.03. The molecule has 0 aliphatic rings. The van der Waals surface area contributed by atoms with Crippen LogP contribution in [-0.4, -0.2) is 30.9 Å². The number of rotatable bonds is 5. The topological polar surface area (TPSA) is 144 Å². The van der Waals surface area contributed by atoms with Crippen molar-refractivity contribution in [2.75, 3.05) is 5.32 Å². The van der Waals surface area contributed by atoms with Gasteiger partial charge in [-0.25, -0.2) is 0 Å². The van der Waals surface area contributed by atoms with Crippen molar-refractivity contribution in [1.29, 1.82) is 0 Å². The van der Waals surface area contributed by atoms with Crippen LogP contribution in [0, 0.1) is 6.92 Å². The van der Waals surface area contributed by atoms with E-state index in [-0.39, 0.29) is 0 Å². The summed E-state index contributed by atoms with van der Waals surface area (Å²) in [7, 11) is -10.2. The van der Waals surface area contributed by atoms with E-state index in [2.05, 4.69) is 12.2 Å².